The Labute approximate surface area is 103 Å². The molecule has 0 heterocycles. The smallest absolute Gasteiger partial charge is 0.303 e. The highest BCUT2D eigenvalue weighted by molar-refractivity contribution is 5.72. The number of rotatable bonds is 3. The predicted molar refractivity (Wildman–Crippen MR) is 70.1 cm³/mol. The Hall–Kier alpha value is -1.64. The van der Waals surface area contributed by atoms with Crippen molar-refractivity contribution in [2.45, 2.75) is 40.5 Å². The third-order valence-corrected chi connectivity index (χ3v) is 1.47. The molecule has 17 heavy (non-hydrogen) atoms. The summed E-state index contributed by atoms with van der Waals surface area (Å²) in [4.78, 5) is 19.6. The van der Waals surface area contributed by atoms with Gasteiger partial charge in [-0.2, -0.15) is 0 Å². The lowest BCUT2D eigenvalue weighted by Crippen LogP contribution is -1.96. The first kappa shape index (κ1) is 17.7. The molecule has 96 valence electrons. The van der Waals surface area contributed by atoms with Gasteiger partial charge in [0.15, 0.2) is 0 Å². The molecule has 1 aromatic rings. The molecule has 0 fully saturated rings. The molecule has 3 nitrogen and oxygen atoms in total. The van der Waals surface area contributed by atoms with Gasteiger partial charge in [-0.15, -0.1) is 0 Å². The molecule has 0 unspecified atom stereocenters. The molecule has 0 saturated heterocycles. The molecule has 0 bridgehead atoms. The molecule has 0 aliphatic rings. The monoisotopic (exact) mass is 238 g/mol. The fraction of sp³-hybridized carbons (Fsp3) is 0.429. The van der Waals surface area contributed by atoms with Crippen molar-refractivity contribution in [2.24, 2.45) is 0 Å². The second-order valence-corrected chi connectivity index (χ2v) is 3.29. The van der Waals surface area contributed by atoms with Crippen molar-refractivity contribution in [1.29, 1.82) is 0 Å². The van der Waals surface area contributed by atoms with E-state index in [1.54, 1.807) is 0 Å². The van der Waals surface area contributed by atoms with Crippen molar-refractivity contribution >= 4 is 11.8 Å². The number of carbonyl (C=O) groups is 2. The number of hydrogen-bond acceptors (Lipinski definition) is 2. The first-order valence-corrected chi connectivity index (χ1v) is 5.75. The molecule has 0 aliphatic heterocycles. The van der Waals surface area contributed by atoms with Crippen LogP contribution in [0.3, 0.4) is 0 Å². The topological polar surface area (TPSA) is 54.4 Å². The highest BCUT2D eigenvalue weighted by atomic mass is 16.4. The summed E-state index contributed by atoms with van der Waals surface area (Å²) in [6.07, 6.45) is 0.834. The summed E-state index contributed by atoms with van der Waals surface area (Å²) in [5, 5.41) is 8.37. The fourth-order valence-corrected chi connectivity index (χ4v) is 0.896. The number of aryl methyl sites for hydroxylation is 1. The molecule has 3 heteroatoms. The standard InChI is InChI=1S/C9H10O2.C3H6O.C2H6/c10-9(11)7-6-8-4-2-1-3-5-8;1-3(2)4;1-2/h1-5H,6-7H2,(H,10,11);1-2H3;1-2H3. The molecule has 0 atom stereocenters. The summed E-state index contributed by atoms with van der Waals surface area (Å²) in [7, 11) is 0. The number of carboxylic acids is 1. The summed E-state index contributed by atoms with van der Waals surface area (Å²) >= 11 is 0. The van der Waals surface area contributed by atoms with E-state index >= 15 is 0 Å². The average molecular weight is 238 g/mol. The van der Waals surface area contributed by atoms with Gasteiger partial charge in [-0.25, -0.2) is 0 Å². The Balaban J connectivity index is 0. The van der Waals surface area contributed by atoms with Gasteiger partial charge in [-0.05, 0) is 25.8 Å². The van der Waals surface area contributed by atoms with E-state index in [0.717, 1.165) is 5.56 Å². The van der Waals surface area contributed by atoms with E-state index < -0.39 is 5.97 Å². The molecular weight excluding hydrogens is 216 g/mol. The van der Waals surface area contributed by atoms with Crippen molar-refractivity contribution < 1.29 is 14.7 Å². The Morgan fingerprint density at radius 3 is 1.82 bits per heavy atom. The molecule has 0 radical (unpaired) electrons. The maximum Gasteiger partial charge on any atom is 0.303 e. The van der Waals surface area contributed by atoms with Crippen molar-refractivity contribution in [3.63, 3.8) is 0 Å². The largest absolute Gasteiger partial charge is 0.481 e. The number of aliphatic carboxylic acids is 1. The molecule has 0 spiro atoms. The number of ketones is 1. The van der Waals surface area contributed by atoms with Crippen LogP contribution in [0.1, 0.15) is 39.7 Å². The van der Waals surface area contributed by atoms with E-state index in [1.807, 2.05) is 44.2 Å². The number of carbonyl (C=O) groups excluding carboxylic acids is 1. The lowest BCUT2D eigenvalue weighted by Gasteiger charge is -1.95. The van der Waals surface area contributed by atoms with Gasteiger partial charge in [0.2, 0.25) is 0 Å². The Kier molecular flexibility index (Phi) is 13.0. The van der Waals surface area contributed by atoms with E-state index in [-0.39, 0.29) is 12.2 Å². The Bertz CT molecular complexity index is 301. The van der Waals surface area contributed by atoms with Crippen LogP contribution in [0.4, 0.5) is 0 Å². The molecule has 0 aromatic heterocycles. The second-order valence-electron chi connectivity index (χ2n) is 3.29. The number of hydrogen-bond donors (Lipinski definition) is 1. The third-order valence-electron chi connectivity index (χ3n) is 1.47. The molecule has 0 amide bonds. The van der Waals surface area contributed by atoms with Crippen molar-refractivity contribution in [3.05, 3.63) is 35.9 Å². The van der Waals surface area contributed by atoms with E-state index in [1.165, 1.54) is 13.8 Å². The highest BCUT2D eigenvalue weighted by Gasteiger charge is 1.96. The molecular formula is C14H22O3. The minimum Gasteiger partial charge on any atom is -0.481 e. The van der Waals surface area contributed by atoms with Gasteiger partial charge in [0.1, 0.15) is 5.78 Å². The maximum atomic E-state index is 10.2. The lowest BCUT2D eigenvalue weighted by molar-refractivity contribution is -0.137. The van der Waals surface area contributed by atoms with Crippen LogP contribution in [0.5, 0.6) is 0 Å². The SMILES string of the molecule is CC.CC(C)=O.O=C(O)CCc1ccccc1. The van der Waals surface area contributed by atoms with Gasteiger partial charge in [-0.1, -0.05) is 44.2 Å². The van der Waals surface area contributed by atoms with Crippen molar-refractivity contribution in [3.8, 4) is 0 Å². The zero-order valence-corrected chi connectivity index (χ0v) is 11.1. The first-order valence-electron chi connectivity index (χ1n) is 5.75. The van der Waals surface area contributed by atoms with Crippen LogP contribution in [0.2, 0.25) is 0 Å². The fourth-order valence-electron chi connectivity index (χ4n) is 0.896. The first-order chi connectivity index (χ1) is 8.02. The molecule has 1 aromatic carbocycles. The minimum atomic E-state index is -0.742. The van der Waals surface area contributed by atoms with Gasteiger partial charge in [0.25, 0.3) is 0 Å². The van der Waals surface area contributed by atoms with Gasteiger partial charge in [-0.3, -0.25) is 4.79 Å². The van der Waals surface area contributed by atoms with Gasteiger partial charge < -0.3 is 9.90 Å². The maximum absolute atomic E-state index is 10.2. The van der Waals surface area contributed by atoms with Crippen LogP contribution in [-0.2, 0) is 16.0 Å². The normalized spacial score (nSPS) is 8.00. The lowest BCUT2D eigenvalue weighted by atomic mass is 10.1. The van der Waals surface area contributed by atoms with Crippen molar-refractivity contribution in [1.82, 2.24) is 0 Å². The van der Waals surface area contributed by atoms with E-state index in [9.17, 15) is 9.59 Å². The number of Topliss-reactive ketones (excluding diaryl/α,β-unsaturated/α-hetero) is 1. The van der Waals surface area contributed by atoms with Crippen LogP contribution in [0.15, 0.2) is 30.3 Å². The van der Waals surface area contributed by atoms with E-state index in [2.05, 4.69) is 0 Å². The Morgan fingerprint density at radius 1 is 1.06 bits per heavy atom. The molecule has 1 N–H and O–H groups in total. The van der Waals surface area contributed by atoms with Crippen molar-refractivity contribution in [2.75, 3.05) is 0 Å². The Morgan fingerprint density at radius 2 is 1.47 bits per heavy atom. The van der Waals surface area contributed by atoms with Gasteiger partial charge >= 0.3 is 5.97 Å². The van der Waals surface area contributed by atoms with Gasteiger partial charge in [0.05, 0.1) is 0 Å². The molecule has 1 rings (SSSR count). The quantitative estimate of drug-likeness (QED) is 0.878. The van der Waals surface area contributed by atoms with E-state index in [4.69, 9.17) is 5.11 Å². The van der Waals surface area contributed by atoms with Crippen LogP contribution in [0, 0.1) is 0 Å². The summed E-state index contributed by atoms with van der Waals surface area (Å²) in [6, 6.07) is 9.62. The van der Waals surface area contributed by atoms with Crippen LogP contribution < -0.4 is 0 Å². The number of carboxylic acid groups (broad SMARTS) is 1. The summed E-state index contributed by atoms with van der Waals surface area (Å²) in [6.45, 7) is 7.06. The number of benzene rings is 1. The zero-order valence-electron chi connectivity index (χ0n) is 11.1. The summed E-state index contributed by atoms with van der Waals surface area (Å²) < 4.78 is 0. The predicted octanol–water partition coefficient (Wildman–Crippen LogP) is 3.33. The minimum absolute atomic E-state index is 0.167. The third kappa shape index (κ3) is 17.0. The zero-order chi connectivity index (χ0) is 13.7. The van der Waals surface area contributed by atoms with Gasteiger partial charge in [0, 0.05) is 6.42 Å². The molecule has 0 saturated carbocycles. The highest BCUT2D eigenvalue weighted by Crippen LogP contribution is 2.01. The summed E-state index contributed by atoms with van der Waals surface area (Å²) in [5.41, 5.74) is 1.08. The summed E-state index contributed by atoms with van der Waals surface area (Å²) in [5.74, 6) is -0.575. The van der Waals surface area contributed by atoms with Crippen LogP contribution >= 0.6 is 0 Å². The van der Waals surface area contributed by atoms with Crippen LogP contribution in [0.25, 0.3) is 0 Å². The second kappa shape index (κ2) is 12.4. The van der Waals surface area contributed by atoms with Crippen LogP contribution in [-0.4, -0.2) is 16.9 Å². The van der Waals surface area contributed by atoms with E-state index in [0.29, 0.717) is 6.42 Å². The molecule has 0 aliphatic carbocycles. The average Bonchev–Trinajstić information content (AvgIpc) is 2.30.